The highest BCUT2D eigenvalue weighted by atomic mass is 16.6. The molecule has 27 heavy (non-hydrogen) atoms. The summed E-state index contributed by atoms with van der Waals surface area (Å²) >= 11 is 0. The highest BCUT2D eigenvalue weighted by Crippen LogP contribution is 2.38. The fourth-order valence-electron chi connectivity index (χ4n) is 3.15. The number of hydrogen-bond donors (Lipinski definition) is 2. The normalized spacial score (nSPS) is 31.4. The molecule has 0 spiro atoms. The molecule has 7 heteroatoms. The van der Waals surface area contributed by atoms with Gasteiger partial charge in [-0.15, -0.1) is 0 Å². The molecule has 1 fully saturated rings. The first-order chi connectivity index (χ1) is 12.8. The van der Waals surface area contributed by atoms with E-state index in [1.807, 2.05) is 0 Å². The zero-order valence-corrected chi connectivity index (χ0v) is 15.4. The van der Waals surface area contributed by atoms with Gasteiger partial charge in [0.05, 0.1) is 12.5 Å². The van der Waals surface area contributed by atoms with Gasteiger partial charge < -0.3 is 19.7 Å². The van der Waals surface area contributed by atoms with Gasteiger partial charge in [0.1, 0.15) is 18.1 Å². The molecular weight excluding hydrogens is 352 g/mol. The molecule has 3 atom stereocenters. The Bertz CT molecular complexity index is 741. The Kier molecular flexibility index (Phi) is 6.74. The van der Waals surface area contributed by atoms with E-state index in [-0.39, 0.29) is 17.8 Å². The first kappa shape index (κ1) is 20.6. The number of aliphatic hydroxyl groups is 2. The molecule has 0 aromatic rings. The van der Waals surface area contributed by atoms with E-state index < -0.39 is 36.7 Å². The first-order valence-electron chi connectivity index (χ1n) is 8.73. The maximum Gasteiger partial charge on any atom is 0.334 e. The number of rotatable bonds is 4. The van der Waals surface area contributed by atoms with Crippen molar-refractivity contribution in [1.82, 2.24) is 0 Å². The third-order valence-corrected chi connectivity index (χ3v) is 4.90. The SMILES string of the molecule is C=C1C(=O)O[C@@H]2/C(O)=C(/CO)CC/C=C(/C=O)C[C@H](OC(=O)/C(C)=C\C)[C@@H]12. The van der Waals surface area contributed by atoms with Crippen molar-refractivity contribution in [1.29, 1.82) is 0 Å². The maximum atomic E-state index is 12.3. The van der Waals surface area contributed by atoms with Crippen LogP contribution in [0.4, 0.5) is 0 Å². The van der Waals surface area contributed by atoms with Crippen LogP contribution in [0.3, 0.4) is 0 Å². The minimum atomic E-state index is -1.12. The Morgan fingerprint density at radius 1 is 1.48 bits per heavy atom. The average molecular weight is 376 g/mol. The van der Waals surface area contributed by atoms with E-state index in [2.05, 4.69) is 6.58 Å². The molecule has 0 aromatic heterocycles. The molecule has 1 heterocycles. The Balaban J connectivity index is 2.52. The van der Waals surface area contributed by atoms with Crippen molar-refractivity contribution in [2.75, 3.05) is 6.61 Å². The third kappa shape index (κ3) is 4.36. The predicted octanol–water partition coefficient (Wildman–Crippen LogP) is 2.08. The van der Waals surface area contributed by atoms with Crippen LogP contribution in [0.5, 0.6) is 0 Å². The average Bonchev–Trinajstić information content (AvgIpc) is 2.96. The van der Waals surface area contributed by atoms with Crippen molar-refractivity contribution in [2.24, 2.45) is 5.92 Å². The van der Waals surface area contributed by atoms with Crippen LogP contribution in [0.25, 0.3) is 0 Å². The van der Waals surface area contributed by atoms with Crippen molar-refractivity contribution >= 4 is 18.2 Å². The summed E-state index contributed by atoms with van der Waals surface area (Å²) in [4.78, 5) is 35.8. The van der Waals surface area contributed by atoms with Gasteiger partial charge in [-0.1, -0.05) is 18.7 Å². The molecule has 0 saturated carbocycles. The number of carbonyl (C=O) groups is 3. The molecule has 1 aliphatic heterocycles. The predicted molar refractivity (Wildman–Crippen MR) is 96.6 cm³/mol. The fraction of sp³-hybridized carbons (Fsp3) is 0.450. The van der Waals surface area contributed by atoms with Crippen LogP contribution >= 0.6 is 0 Å². The summed E-state index contributed by atoms with van der Waals surface area (Å²) < 4.78 is 10.8. The minimum Gasteiger partial charge on any atom is -0.508 e. The highest BCUT2D eigenvalue weighted by Gasteiger charge is 2.48. The van der Waals surface area contributed by atoms with Crippen LogP contribution in [-0.4, -0.2) is 47.3 Å². The summed E-state index contributed by atoms with van der Waals surface area (Å²) in [5.41, 5.74) is 1.11. The minimum absolute atomic E-state index is 0.0468. The van der Waals surface area contributed by atoms with Crippen molar-refractivity contribution in [2.45, 2.75) is 45.3 Å². The van der Waals surface area contributed by atoms with Gasteiger partial charge in [0.2, 0.25) is 0 Å². The Morgan fingerprint density at radius 2 is 2.19 bits per heavy atom. The topological polar surface area (TPSA) is 110 Å². The Labute approximate surface area is 157 Å². The van der Waals surface area contributed by atoms with Gasteiger partial charge in [-0.3, -0.25) is 4.79 Å². The van der Waals surface area contributed by atoms with Gasteiger partial charge in [0, 0.05) is 17.6 Å². The van der Waals surface area contributed by atoms with E-state index >= 15 is 0 Å². The molecule has 2 aliphatic rings. The zero-order valence-electron chi connectivity index (χ0n) is 15.4. The molecule has 2 rings (SSSR count). The number of esters is 2. The summed E-state index contributed by atoms with van der Waals surface area (Å²) in [5.74, 6) is -2.44. The lowest BCUT2D eigenvalue weighted by atomic mass is 9.84. The van der Waals surface area contributed by atoms with Gasteiger partial charge in [-0.05, 0) is 37.8 Å². The van der Waals surface area contributed by atoms with Crippen molar-refractivity contribution in [3.05, 3.63) is 46.8 Å². The molecule has 0 radical (unpaired) electrons. The molecule has 7 nitrogen and oxygen atoms in total. The lowest BCUT2D eigenvalue weighted by Gasteiger charge is -2.28. The van der Waals surface area contributed by atoms with Gasteiger partial charge in [0.25, 0.3) is 0 Å². The number of fused-ring (bicyclic) bond motifs is 1. The van der Waals surface area contributed by atoms with Crippen LogP contribution in [0.1, 0.15) is 33.1 Å². The molecule has 1 aliphatic carbocycles. The van der Waals surface area contributed by atoms with Gasteiger partial charge >= 0.3 is 11.9 Å². The van der Waals surface area contributed by atoms with Crippen molar-refractivity contribution in [3.8, 4) is 0 Å². The summed E-state index contributed by atoms with van der Waals surface area (Å²) in [5, 5.41) is 20.2. The first-order valence-corrected chi connectivity index (χ1v) is 8.73. The third-order valence-electron chi connectivity index (χ3n) is 4.90. The van der Waals surface area contributed by atoms with Crippen molar-refractivity contribution < 1.29 is 34.1 Å². The largest absolute Gasteiger partial charge is 0.508 e. The van der Waals surface area contributed by atoms with Gasteiger partial charge in [-0.2, -0.15) is 0 Å². The number of ether oxygens (including phenoxy) is 2. The smallest absolute Gasteiger partial charge is 0.334 e. The van der Waals surface area contributed by atoms with E-state index in [4.69, 9.17) is 9.47 Å². The van der Waals surface area contributed by atoms with Crippen molar-refractivity contribution in [3.63, 3.8) is 0 Å². The zero-order chi connectivity index (χ0) is 20.1. The van der Waals surface area contributed by atoms with Crippen LogP contribution in [0.2, 0.25) is 0 Å². The molecule has 2 N–H and O–H groups in total. The molecule has 146 valence electrons. The summed E-state index contributed by atoms with van der Waals surface area (Å²) in [6.07, 6.45) is 2.62. The van der Waals surface area contributed by atoms with E-state index in [1.54, 1.807) is 26.0 Å². The number of allylic oxidation sites excluding steroid dienone is 2. The number of hydrogen-bond acceptors (Lipinski definition) is 7. The van der Waals surface area contributed by atoms with E-state index in [0.717, 1.165) is 0 Å². The second kappa shape index (κ2) is 8.81. The second-order valence-corrected chi connectivity index (χ2v) is 6.58. The molecule has 0 aromatic carbocycles. The summed E-state index contributed by atoms with van der Waals surface area (Å²) in [6.45, 7) is 6.57. The number of carbonyl (C=O) groups excluding carboxylic acids is 3. The molecule has 0 bridgehead atoms. The van der Waals surface area contributed by atoms with Crippen LogP contribution in [-0.2, 0) is 23.9 Å². The van der Waals surface area contributed by atoms with Crippen LogP contribution in [0.15, 0.2) is 46.8 Å². The molecule has 0 amide bonds. The fourth-order valence-corrected chi connectivity index (χ4v) is 3.15. The summed E-state index contributed by atoms with van der Waals surface area (Å²) in [7, 11) is 0. The van der Waals surface area contributed by atoms with Crippen LogP contribution < -0.4 is 0 Å². The highest BCUT2D eigenvalue weighted by molar-refractivity contribution is 5.92. The quantitative estimate of drug-likeness (QED) is 0.439. The van der Waals surface area contributed by atoms with Gasteiger partial charge in [0.15, 0.2) is 6.10 Å². The van der Waals surface area contributed by atoms with Crippen LogP contribution in [0, 0.1) is 5.92 Å². The Morgan fingerprint density at radius 3 is 2.78 bits per heavy atom. The van der Waals surface area contributed by atoms with E-state index in [9.17, 15) is 24.6 Å². The van der Waals surface area contributed by atoms with Gasteiger partial charge in [-0.25, -0.2) is 9.59 Å². The lowest BCUT2D eigenvalue weighted by Crippen LogP contribution is -2.36. The standard InChI is InChI=1S/C20H24O7/c1-4-11(2)19(24)26-15-8-13(9-21)6-5-7-14(10-22)17(23)18-16(15)12(3)20(25)27-18/h4,6,9,15-16,18,22-23H,3,5,7-8,10H2,1-2H3/b11-4-,13-6+,17-14-/t15-,16+,18-/m0/s1. The Hall–Kier alpha value is -2.67. The van der Waals surface area contributed by atoms with E-state index in [1.165, 1.54) is 0 Å². The lowest BCUT2D eigenvalue weighted by molar-refractivity contribution is -0.148. The monoisotopic (exact) mass is 376 g/mol. The maximum absolute atomic E-state index is 12.3. The summed E-state index contributed by atoms with van der Waals surface area (Å²) in [6, 6.07) is 0. The number of aliphatic hydroxyl groups excluding tert-OH is 2. The number of aldehydes is 1. The molecule has 1 saturated heterocycles. The second-order valence-electron chi connectivity index (χ2n) is 6.58. The van der Waals surface area contributed by atoms with E-state index in [0.29, 0.717) is 35.8 Å². The molecule has 0 unspecified atom stereocenters. The molecular formula is C20H24O7.